The number of fused-ring (bicyclic) bond motifs is 1. The number of benzene rings is 1. The van der Waals surface area contributed by atoms with Crippen LogP contribution in [0.3, 0.4) is 0 Å². The van der Waals surface area contributed by atoms with Gasteiger partial charge in [0.25, 0.3) is 0 Å². The summed E-state index contributed by atoms with van der Waals surface area (Å²) in [5, 5.41) is 9.90. The van der Waals surface area contributed by atoms with Gasteiger partial charge < -0.3 is 20.0 Å². The van der Waals surface area contributed by atoms with Crippen molar-refractivity contribution >= 4 is 22.2 Å². The normalized spacial score (nSPS) is 25.6. The van der Waals surface area contributed by atoms with Crippen molar-refractivity contribution < 1.29 is 4.74 Å². The Morgan fingerprint density at radius 2 is 1.72 bits per heavy atom. The molecule has 3 aliphatic rings. The summed E-state index contributed by atoms with van der Waals surface area (Å²) < 4.78 is 5.59. The number of aromatic nitrogens is 1. The van der Waals surface area contributed by atoms with E-state index in [1.54, 1.807) is 0 Å². The van der Waals surface area contributed by atoms with E-state index in [1.807, 2.05) is 0 Å². The van der Waals surface area contributed by atoms with Crippen LogP contribution in [0.15, 0.2) is 35.4 Å². The second-order valence-electron chi connectivity index (χ2n) is 11.7. The average molecular weight is 488 g/mol. The van der Waals surface area contributed by atoms with E-state index in [-0.39, 0.29) is 0 Å². The zero-order valence-corrected chi connectivity index (χ0v) is 22.9. The number of likely N-dealkylation sites (tertiary alicyclic amines) is 1. The highest BCUT2D eigenvalue weighted by atomic mass is 16.5. The number of H-pyrrole nitrogens is 1. The molecule has 0 spiro atoms. The molecule has 194 valence electrons. The first kappa shape index (κ1) is 25.5. The van der Waals surface area contributed by atoms with Gasteiger partial charge >= 0.3 is 0 Å². The van der Waals surface area contributed by atoms with Gasteiger partial charge in [0.15, 0.2) is 0 Å². The highest BCUT2D eigenvalue weighted by Gasteiger charge is 2.28. The lowest BCUT2D eigenvalue weighted by atomic mass is 9.86. The molecular formula is C32H45N3O. The summed E-state index contributed by atoms with van der Waals surface area (Å²) >= 11 is 0. The Hall–Kier alpha value is -2.17. The first-order chi connectivity index (χ1) is 17.4. The summed E-state index contributed by atoms with van der Waals surface area (Å²) in [5.41, 5.74) is 10.1. The lowest BCUT2D eigenvalue weighted by molar-refractivity contribution is 0.0252. The van der Waals surface area contributed by atoms with Crippen LogP contribution in [-0.4, -0.2) is 47.9 Å². The third kappa shape index (κ3) is 5.26. The molecule has 1 aromatic heterocycles. The van der Waals surface area contributed by atoms with E-state index in [0.717, 1.165) is 56.2 Å². The molecule has 0 amide bonds. The molecule has 2 aliphatic heterocycles. The van der Waals surface area contributed by atoms with Gasteiger partial charge in [-0.05, 0) is 131 Å². The first-order valence-corrected chi connectivity index (χ1v) is 14.4. The zero-order chi connectivity index (χ0) is 25.2. The maximum atomic E-state index is 8.50. The van der Waals surface area contributed by atoms with E-state index in [1.165, 1.54) is 77.6 Å². The fraction of sp³-hybridized carbons (Fsp3) is 0.594. The van der Waals surface area contributed by atoms with Crippen molar-refractivity contribution in [2.75, 3.05) is 26.3 Å². The molecule has 2 fully saturated rings. The minimum Gasteiger partial charge on any atom is -0.381 e. The number of nitrogens with one attached hydrogen (secondary N) is 2. The van der Waals surface area contributed by atoms with Crippen LogP contribution in [0.1, 0.15) is 108 Å². The smallest absolute Gasteiger partial charge is 0.0499 e. The largest absolute Gasteiger partial charge is 0.381 e. The van der Waals surface area contributed by atoms with Crippen molar-refractivity contribution in [1.29, 1.82) is 5.41 Å². The molecule has 1 aromatic carbocycles. The highest BCUT2D eigenvalue weighted by molar-refractivity contribution is 6.01. The molecule has 0 saturated carbocycles. The number of rotatable bonds is 4. The van der Waals surface area contributed by atoms with Crippen LogP contribution in [-0.2, 0) is 4.74 Å². The monoisotopic (exact) mass is 487 g/mol. The SMILES string of the molecule is C/C1=C/C(c2[nH]c3ccc(C4CCN(C5CCOCC5)CC4)cc3c2C(C)C)=C(/C)CCCCC1=N. The Labute approximate surface area is 217 Å². The van der Waals surface area contributed by atoms with Gasteiger partial charge in [0.1, 0.15) is 0 Å². The molecular weight excluding hydrogens is 442 g/mol. The molecule has 4 heteroatoms. The number of ether oxygens (including phenoxy) is 1. The Morgan fingerprint density at radius 1 is 1.00 bits per heavy atom. The van der Waals surface area contributed by atoms with Gasteiger partial charge in [0.2, 0.25) is 0 Å². The van der Waals surface area contributed by atoms with Crippen molar-refractivity contribution in [3.05, 3.63) is 52.2 Å². The third-order valence-corrected chi connectivity index (χ3v) is 8.94. The third-order valence-electron chi connectivity index (χ3n) is 8.94. The fourth-order valence-electron chi connectivity index (χ4n) is 6.68. The number of hydrogen-bond acceptors (Lipinski definition) is 3. The standard InChI is InChI=1S/C32H45N3O/c1-21(2)31-28-20-25(24-11-15-35(16-12-24)26-13-17-36-18-14-26)9-10-30(28)34-32(31)27-19-23(4)29(33)8-6-5-7-22(27)3/h9-10,19-21,24,26,33-34H,5-8,11-18H2,1-4H3/b23-19-,27-22+,33-29?. The number of nitrogens with zero attached hydrogens (tertiary/aromatic N) is 1. The van der Waals surface area contributed by atoms with Crippen molar-refractivity contribution in [3.63, 3.8) is 0 Å². The van der Waals surface area contributed by atoms with Gasteiger partial charge in [-0.2, -0.15) is 0 Å². The van der Waals surface area contributed by atoms with E-state index in [0.29, 0.717) is 11.8 Å². The quantitative estimate of drug-likeness (QED) is 0.459. The maximum absolute atomic E-state index is 8.50. The Morgan fingerprint density at radius 3 is 2.44 bits per heavy atom. The molecule has 4 nitrogen and oxygen atoms in total. The van der Waals surface area contributed by atoms with Crippen molar-refractivity contribution in [2.45, 2.75) is 96.9 Å². The Kier molecular flexibility index (Phi) is 7.83. The summed E-state index contributed by atoms with van der Waals surface area (Å²) in [7, 11) is 0. The summed E-state index contributed by atoms with van der Waals surface area (Å²) in [6.45, 7) is 13.4. The molecule has 5 rings (SSSR count). The second kappa shape index (κ2) is 11.1. The summed E-state index contributed by atoms with van der Waals surface area (Å²) in [6, 6.07) is 7.93. The van der Waals surface area contributed by atoms with Gasteiger partial charge in [0, 0.05) is 41.6 Å². The molecule has 36 heavy (non-hydrogen) atoms. The minimum absolute atomic E-state index is 0.431. The summed E-state index contributed by atoms with van der Waals surface area (Å²) in [6.07, 6.45) is 11.5. The summed E-state index contributed by atoms with van der Waals surface area (Å²) in [4.78, 5) is 6.56. The predicted octanol–water partition coefficient (Wildman–Crippen LogP) is 7.96. The molecule has 0 bridgehead atoms. The lowest BCUT2D eigenvalue weighted by Crippen LogP contribution is -2.43. The maximum Gasteiger partial charge on any atom is 0.0499 e. The van der Waals surface area contributed by atoms with Crippen molar-refractivity contribution in [3.8, 4) is 0 Å². The molecule has 0 radical (unpaired) electrons. The second-order valence-corrected chi connectivity index (χ2v) is 11.7. The minimum atomic E-state index is 0.431. The highest BCUT2D eigenvalue weighted by Crippen LogP contribution is 2.39. The Bertz CT molecular complexity index is 1150. The molecule has 2 saturated heterocycles. The lowest BCUT2D eigenvalue weighted by Gasteiger charge is -2.39. The van der Waals surface area contributed by atoms with E-state index < -0.39 is 0 Å². The van der Waals surface area contributed by atoms with Crippen LogP contribution in [0, 0.1) is 5.41 Å². The van der Waals surface area contributed by atoms with Crippen LogP contribution in [0.4, 0.5) is 0 Å². The first-order valence-electron chi connectivity index (χ1n) is 14.4. The molecule has 2 N–H and O–H groups in total. The van der Waals surface area contributed by atoms with Crippen LogP contribution in [0.2, 0.25) is 0 Å². The van der Waals surface area contributed by atoms with Crippen molar-refractivity contribution in [1.82, 2.24) is 9.88 Å². The van der Waals surface area contributed by atoms with Gasteiger partial charge in [-0.25, -0.2) is 0 Å². The van der Waals surface area contributed by atoms with Gasteiger partial charge in [-0.3, -0.25) is 0 Å². The molecule has 1 aliphatic carbocycles. The zero-order valence-electron chi connectivity index (χ0n) is 22.9. The fourth-order valence-corrected chi connectivity index (χ4v) is 6.68. The van der Waals surface area contributed by atoms with E-state index >= 15 is 0 Å². The number of piperidine rings is 1. The average Bonchev–Trinajstić information content (AvgIpc) is 3.30. The van der Waals surface area contributed by atoms with E-state index in [9.17, 15) is 0 Å². The van der Waals surface area contributed by atoms with E-state index in [4.69, 9.17) is 10.1 Å². The number of allylic oxidation sites excluding steroid dienone is 4. The van der Waals surface area contributed by atoms with Crippen LogP contribution in [0.25, 0.3) is 16.5 Å². The number of hydrogen-bond donors (Lipinski definition) is 2. The van der Waals surface area contributed by atoms with Crippen LogP contribution >= 0.6 is 0 Å². The van der Waals surface area contributed by atoms with Crippen LogP contribution < -0.4 is 0 Å². The molecule has 3 heterocycles. The Balaban J connectivity index is 1.46. The van der Waals surface area contributed by atoms with Gasteiger partial charge in [0.05, 0.1) is 0 Å². The summed E-state index contributed by atoms with van der Waals surface area (Å²) in [5.74, 6) is 1.08. The van der Waals surface area contributed by atoms with Crippen molar-refractivity contribution in [2.24, 2.45) is 0 Å². The predicted molar refractivity (Wildman–Crippen MR) is 152 cm³/mol. The van der Waals surface area contributed by atoms with Crippen LogP contribution in [0.5, 0.6) is 0 Å². The number of aromatic amines is 1. The van der Waals surface area contributed by atoms with E-state index in [2.05, 4.69) is 61.9 Å². The van der Waals surface area contributed by atoms with Gasteiger partial charge in [-0.1, -0.05) is 25.5 Å². The molecule has 0 unspecified atom stereocenters. The molecule has 0 atom stereocenters. The molecule has 2 aromatic rings. The van der Waals surface area contributed by atoms with Gasteiger partial charge in [-0.15, -0.1) is 0 Å². The topological polar surface area (TPSA) is 52.1 Å².